The second-order valence-corrected chi connectivity index (χ2v) is 13.9. The third kappa shape index (κ3) is 7.54. The van der Waals surface area contributed by atoms with Crippen LogP contribution in [0.15, 0.2) is 77.9 Å². The van der Waals surface area contributed by atoms with Crippen molar-refractivity contribution < 1.29 is 18.9 Å². The SMILES string of the molecule is CCC(C)n1ncn(-c2ccc(N3CCN(c4ccc(OC[C@@H]5CO[C@@](CN6CCOCC6)(c6ccc(Cl)cc6Cl)O5)cc4)CC3)cc2)c1=O. The van der Waals surface area contributed by atoms with E-state index in [0.29, 0.717) is 43.0 Å². The molecule has 266 valence electrons. The lowest BCUT2D eigenvalue weighted by atomic mass is 10.0. The van der Waals surface area contributed by atoms with E-state index in [0.717, 1.165) is 74.1 Å². The summed E-state index contributed by atoms with van der Waals surface area (Å²) in [6.07, 6.45) is 2.19. The van der Waals surface area contributed by atoms with Gasteiger partial charge in [-0.1, -0.05) is 36.2 Å². The number of rotatable bonds is 11. The van der Waals surface area contributed by atoms with Crippen molar-refractivity contribution in [1.29, 1.82) is 0 Å². The largest absolute Gasteiger partial charge is 0.491 e. The van der Waals surface area contributed by atoms with Crippen LogP contribution in [-0.2, 0) is 20.0 Å². The molecule has 0 aliphatic carbocycles. The molecule has 3 saturated heterocycles. The first-order valence-corrected chi connectivity index (χ1v) is 18.1. The molecular formula is C37H44Cl2N6O5. The Morgan fingerprint density at radius 2 is 1.54 bits per heavy atom. The minimum Gasteiger partial charge on any atom is -0.491 e. The van der Waals surface area contributed by atoms with Crippen LogP contribution in [0.25, 0.3) is 5.69 Å². The molecule has 1 unspecified atom stereocenters. The van der Waals surface area contributed by atoms with Gasteiger partial charge in [-0.3, -0.25) is 4.90 Å². The van der Waals surface area contributed by atoms with Gasteiger partial charge >= 0.3 is 5.69 Å². The molecule has 0 spiro atoms. The predicted octanol–water partition coefficient (Wildman–Crippen LogP) is 5.62. The molecule has 13 heteroatoms. The summed E-state index contributed by atoms with van der Waals surface area (Å²) in [7, 11) is 0. The summed E-state index contributed by atoms with van der Waals surface area (Å²) in [5.74, 6) is -0.238. The van der Waals surface area contributed by atoms with E-state index in [4.69, 9.17) is 42.1 Å². The van der Waals surface area contributed by atoms with Gasteiger partial charge in [-0.05, 0) is 74.0 Å². The Labute approximate surface area is 302 Å². The van der Waals surface area contributed by atoms with Crippen molar-refractivity contribution in [2.45, 2.75) is 38.2 Å². The summed E-state index contributed by atoms with van der Waals surface area (Å²) in [5, 5.41) is 5.39. The number of ether oxygens (including phenoxy) is 4. The zero-order valence-electron chi connectivity index (χ0n) is 28.5. The Balaban J connectivity index is 0.920. The van der Waals surface area contributed by atoms with Gasteiger partial charge in [0.05, 0.1) is 43.1 Å². The second kappa shape index (κ2) is 15.3. The lowest BCUT2D eigenvalue weighted by Crippen LogP contribution is -2.47. The van der Waals surface area contributed by atoms with E-state index in [9.17, 15) is 4.79 Å². The molecule has 4 aromatic rings. The molecule has 4 heterocycles. The van der Waals surface area contributed by atoms with Crippen molar-refractivity contribution in [2.75, 3.05) is 82.0 Å². The van der Waals surface area contributed by atoms with Crippen LogP contribution in [0, 0.1) is 0 Å². The summed E-state index contributed by atoms with van der Waals surface area (Å²) in [6, 6.07) is 21.9. The van der Waals surface area contributed by atoms with Gasteiger partial charge in [0.25, 0.3) is 0 Å². The molecule has 0 amide bonds. The molecule has 7 rings (SSSR count). The van der Waals surface area contributed by atoms with Crippen molar-refractivity contribution in [3.8, 4) is 11.4 Å². The monoisotopic (exact) mass is 722 g/mol. The van der Waals surface area contributed by atoms with Gasteiger partial charge in [0, 0.05) is 61.2 Å². The summed E-state index contributed by atoms with van der Waals surface area (Å²) in [6.45, 7) is 11.9. The highest BCUT2D eigenvalue weighted by atomic mass is 35.5. The Morgan fingerprint density at radius 1 is 0.900 bits per heavy atom. The maximum Gasteiger partial charge on any atom is 0.350 e. The number of anilines is 2. The lowest BCUT2D eigenvalue weighted by Gasteiger charge is -2.37. The summed E-state index contributed by atoms with van der Waals surface area (Å²) < 4.78 is 27.9. The highest BCUT2D eigenvalue weighted by Gasteiger charge is 2.46. The minimum atomic E-state index is -1.02. The average molecular weight is 724 g/mol. The third-order valence-electron chi connectivity index (χ3n) is 9.85. The van der Waals surface area contributed by atoms with Gasteiger partial charge in [0.1, 0.15) is 24.8 Å². The van der Waals surface area contributed by atoms with Crippen molar-refractivity contribution in [3.63, 3.8) is 0 Å². The molecular weight excluding hydrogens is 679 g/mol. The number of hydrogen-bond acceptors (Lipinski definition) is 9. The first kappa shape index (κ1) is 34.9. The summed E-state index contributed by atoms with van der Waals surface area (Å²) >= 11 is 12.9. The Bertz CT molecular complexity index is 1790. The van der Waals surface area contributed by atoms with Crippen LogP contribution in [0.3, 0.4) is 0 Å². The molecule has 3 aromatic carbocycles. The molecule has 0 N–H and O–H groups in total. The average Bonchev–Trinajstić information content (AvgIpc) is 3.74. The fourth-order valence-corrected chi connectivity index (χ4v) is 7.32. The normalized spacial score (nSPS) is 22.2. The standard InChI is InChI=1S/C37H44Cl2N6O5/c1-3-27(2)45-36(46)44(26-40-45)31-7-5-29(6-8-31)42-14-16-43(17-15-42)30-9-11-32(12-10-30)48-23-33-24-49-37(50-33,25-41-18-20-47-21-19-41)34-13-4-28(38)22-35(34)39/h4-13,22,26-27,33H,3,14-21,23-25H2,1-2H3/t27?,33-,37-/m1/s1. The topological polar surface area (TPSA) is 86.5 Å². The van der Waals surface area contributed by atoms with Gasteiger partial charge in [-0.2, -0.15) is 5.10 Å². The van der Waals surface area contributed by atoms with Crippen LogP contribution in [0.4, 0.5) is 11.4 Å². The minimum absolute atomic E-state index is 0.0679. The van der Waals surface area contributed by atoms with Crippen LogP contribution in [0.5, 0.6) is 5.75 Å². The molecule has 3 aliphatic rings. The van der Waals surface area contributed by atoms with E-state index in [-0.39, 0.29) is 17.8 Å². The van der Waals surface area contributed by atoms with Crippen LogP contribution in [0.2, 0.25) is 10.0 Å². The molecule has 0 bridgehead atoms. The number of morpholine rings is 1. The molecule has 3 fully saturated rings. The Hall–Kier alpha value is -3.58. The molecule has 3 aliphatic heterocycles. The van der Waals surface area contributed by atoms with Gasteiger partial charge in [-0.15, -0.1) is 0 Å². The number of nitrogens with zero attached hydrogens (tertiary/aromatic N) is 6. The number of piperazine rings is 1. The van der Waals surface area contributed by atoms with Crippen molar-refractivity contribution in [3.05, 3.63) is 99.2 Å². The zero-order chi connectivity index (χ0) is 34.7. The highest BCUT2D eigenvalue weighted by molar-refractivity contribution is 6.35. The second-order valence-electron chi connectivity index (χ2n) is 13.1. The Morgan fingerprint density at radius 3 is 2.18 bits per heavy atom. The summed E-state index contributed by atoms with van der Waals surface area (Å²) in [4.78, 5) is 19.9. The fourth-order valence-electron chi connectivity index (χ4n) is 6.77. The number of halogens is 2. The molecule has 3 atom stereocenters. The van der Waals surface area contributed by atoms with Gasteiger partial charge in [0.2, 0.25) is 5.79 Å². The van der Waals surface area contributed by atoms with E-state index in [1.807, 2.05) is 43.3 Å². The number of benzene rings is 3. The van der Waals surface area contributed by atoms with Crippen LogP contribution in [0.1, 0.15) is 31.9 Å². The predicted molar refractivity (Wildman–Crippen MR) is 195 cm³/mol. The van der Waals surface area contributed by atoms with E-state index < -0.39 is 5.79 Å². The number of hydrogen-bond donors (Lipinski definition) is 0. The molecule has 50 heavy (non-hydrogen) atoms. The van der Waals surface area contributed by atoms with E-state index in [1.165, 1.54) is 0 Å². The quantitative estimate of drug-likeness (QED) is 0.196. The third-order valence-corrected chi connectivity index (χ3v) is 10.4. The smallest absolute Gasteiger partial charge is 0.350 e. The molecule has 1 aromatic heterocycles. The number of aromatic nitrogens is 3. The first-order valence-electron chi connectivity index (χ1n) is 17.4. The maximum atomic E-state index is 12.8. The van der Waals surface area contributed by atoms with Crippen LogP contribution < -0.4 is 20.2 Å². The van der Waals surface area contributed by atoms with Crippen molar-refractivity contribution >= 4 is 34.6 Å². The van der Waals surface area contributed by atoms with E-state index in [1.54, 1.807) is 21.6 Å². The van der Waals surface area contributed by atoms with Crippen LogP contribution in [-0.4, -0.2) is 97.6 Å². The fraction of sp³-hybridized carbons (Fsp3) is 0.459. The molecule has 0 saturated carbocycles. The molecule has 11 nitrogen and oxygen atoms in total. The van der Waals surface area contributed by atoms with Crippen molar-refractivity contribution in [2.24, 2.45) is 0 Å². The lowest BCUT2D eigenvalue weighted by molar-refractivity contribution is -0.196. The van der Waals surface area contributed by atoms with Gasteiger partial charge in [0.15, 0.2) is 0 Å². The van der Waals surface area contributed by atoms with E-state index >= 15 is 0 Å². The van der Waals surface area contributed by atoms with Gasteiger partial charge < -0.3 is 28.7 Å². The first-order chi connectivity index (χ1) is 24.3. The zero-order valence-corrected chi connectivity index (χ0v) is 30.1. The maximum absolute atomic E-state index is 12.8. The van der Waals surface area contributed by atoms with E-state index in [2.05, 4.69) is 51.0 Å². The highest BCUT2D eigenvalue weighted by Crippen LogP contribution is 2.40. The van der Waals surface area contributed by atoms with Crippen LogP contribution >= 0.6 is 23.2 Å². The summed E-state index contributed by atoms with van der Waals surface area (Å²) in [5.41, 5.74) is 3.78. The molecule has 0 radical (unpaired) electrons. The van der Waals surface area contributed by atoms with Gasteiger partial charge in [-0.25, -0.2) is 14.0 Å². The Kier molecular flexibility index (Phi) is 10.7. The van der Waals surface area contributed by atoms with Crippen molar-refractivity contribution in [1.82, 2.24) is 19.2 Å².